The van der Waals surface area contributed by atoms with Crippen molar-refractivity contribution in [2.75, 3.05) is 0 Å². The second-order valence-corrected chi connectivity index (χ2v) is 6.28. The van der Waals surface area contributed by atoms with Gasteiger partial charge in [-0.3, -0.25) is 0 Å². The van der Waals surface area contributed by atoms with E-state index in [0.717, 1.165) is 0 Å². The molecule has 0 N–H and O–H groups in total. The summed E-state index contributed by atoms with van der Waals surface area (Å²) in [5, 5.41) is 0. The fourth-order valence-corrected chi connectivity index (χ4v) is 4.72. The fraction of sp³-hybridized carbons (Fsp3) is 0.714. The molecule has 2 heterocycles. The summed E-state index contributed by atoms with van der Waals surface area (Å²) < 4.78 is 4.58. The van der Waals surface area contributed by atoms with Gasteiger partial charge in [-0.05, 0) is 56.1 Å². The van der Waals surface area contributed by atoms with Crippen LogP contribution in [0.2, 0.25) is 0 Å². The van der Waals surface area contributed by atoms with Crippen molar-refractivity contribution in [3.8, 4) is 0 Å². The molecule has 0 saturated heterocycles. The Hall–Kier alpha value is -1.52. The Kier molecular flexibility index (Phi) is 1.98. The van der Waals surface area contributed by atoms with Crippen LogP contribution < -0.4 is 11.4 Å². The molecule has 19 heavy (non-hydrogen) atoms. The molecule has 0 unspecified atom stereocenters. The van der Waals surface area contributed by atoms with Gasteiger partial charge in [0.25, 0.3) is 0 Å². The van der Waals surface area contributed by atoms with Gasteiger partial charge in [-0.25, -0.2) is 23.5 Å². The van der Waals surface area contributed by atoms with Crippen molar-refractivity contribution >= 4 is 0 Å². The van der Waals surface area contributed by atoms with E-state index in [-0.39, 0.29) is 23.5 Å². The summed E-state index contributed by atoms with van der Waals surface area (Å²) in [6.45, 7) is 4.14. The molecule has 2 aliphatic carbocycles. The van der Waals surface area contributed by atoms with E-state index in [1.807, 2.05) is 0 Å². The Morgan fingerprint density at radius 1 is 0.895 bits per heavy atom. The normalized spacial score (nSPS) is 35.7. The fourth-order valence-electron chi connectivity index (χ4n) is 4.72. The molecule has 1 saturated carbocycles. The Labute approximate surface area is 111 Å². The van der Waals surface area contributed by atoms with E-state index in [4.69, 9.17) is 0 Å². The lowest BCUT2D eigenvalue weighted by molar-refractivity contribution is 0.317. The highest BCUT2D eigenvalue weighted by atomic mass is 16.2. The first-order valence-corrected chi connectivity index (χ1v) is 7.16. The number of hydrogen-bond donors (Lipinski definition) is 0. The molecule has 1 fully saturated rings. The topological polar surface area (TPSA) is 48.9 Å². The SMILES string of the molecule is C[C@@H]1C2=C([C@H]3CC[C@H]2C3)[C@@H](C)n2c(=O)n(C)c(=O)n21. The van der Waals surface area contributed by atoms with Gasteiger partial charge in [0, 0.05) is 7.05 Å². The quantitative estimate of drug-likeness (QED) is 0.659. The van der Waals surface area contributed by atoms with Gasteiger partial charge in [0.1, 0.15) is 0 Å². The average molecular weight is 261 g/mol. The van der Waals surface area contributed by atoms with Gasteiger partial charge in [-0.2, -0.15) is 0 Å². The summed E-state index contributed by atoms with van der Waals surface area (Å²) in [7, 11) is 1.57. The van der Waals surface area contributed by atoms with Gasteiger partial charge in [-0.15, -0.1) is 0 Å². The van der Waals surface area contributed by atoms with Crippen LogP contribution in [-0.2, 0) is 7.05 Å². The van der Waals surface area contributed by atoms with Crippen molar-refractivity contribution in [2.24, 2.45) is 18.9 Å². The number of aromatic nitrogens is 3. The number of rotatable bonds is 0. The zero-order valence-electron chi connectivity index (χ0n) is 11.6. The Balaban J connectivity index is 2.03. The largest absolute Gasteiger partial charge is 0.347 e. The van der Waals surface area contributed by atoms with Crippen LogP contribution in [0.4, 0.5) is 0 Å². The van der Waals surface area contributed by atoms with E-state index >= 15 is 0 Å². The van der Waals surface area contributed by atoms with Crippen molar-refractivity contribution in [1.82, 2.24) is 13.9 Å². The third-order valence-electron chi connectivity index (χ3n) is 5.48. The van der Waals surface area contributed by atoms with E-state index in [1.54, 1.807) is 16.4 Å². The highest BCUT2D eigenvalue weighted by Crippen LogP contribution is 2.56. The predicted octanol–water partition coefficient (Wildman–Crippen LogP) is 1.21. The minimum atomic E-state index is -0.182. The van der Waals surface area contributed by atoms with Crippen LogP contribution in [0.1, 0.15) is 45.2 Å². The summed E-state index contributed by atoms with van der Waals surface area (Å²) in [6.07, 6.45) is 3.75. The molecular weight excluding hydrogens is 242 g/mol. The van der Waals surface area contributed by atoms with Crippen molar-refractivity contribution < 1.29 is 0 Å². The van der Waals surface area contributed by atoms with E-state index in [0.29, 0.717) is 11.8 Å². The van der Waals surface area contributed by atoms with Crippen molar-refractivity contribution in [3.63, 3.8) is 0 Å². The molecule has 1 aromatic heterocycles. The second kappa shape index (κ2) is 3.32. The predicted molar refractivity (Wildman–Crippen MR) is 71.2 cm³/mol. The van der Waals surface area contributed by atoms with Crippen LogP contribution in [0.5, 0.6) is 0 Å². The highest BCUT2D eigenvalue weighted by Gasteiger charge is 2.47. The maximum absolute atomic E-state index is 12.3. The molecule has 1 aliphatic heterocycles. The third-order valence-corrected chi connectivity index (χ3v) is 5.48. The molecule has 5 nitrogen and oxygen atoms in total. The van der Waals surface area contributed by atoms with Gasteiger partial charge in [0.15, 0.2) is 0 Å². The monoisotopic (exact) mass is 261 g/mol. The van der Waals surface area contributed by atoms with Crippen molar-refractivity contribution in [2.45, 2.75) is 45.2 Å². The summed E-state index contributed by atoms with van der Waals surface area (Å²) in [5.74, 6) is 1.29. The Bertz CT molecular complexity index is 661. The molecule has 4 atom stereocenters. The van der Waals surface area contributed by atoms with E-state index < -0.39 is 0 Å². The molecular formula is C14H19N3O2. The lowest BCUT2D eigenvalue weighted by Crippen LogP contribution is -2.38. The molecule has 0 amide bonds. The first kappa shape index (κ1) is 11.3. The lowest BCUT2D eigenvalue weighted by Gasteiger charge is -2.35. The van der Waals surface area contributed by atoms with Gasteiger partial charge < -0.3 is 0 Å². The minimum Gasteiger partial charge on any atom is -0.246 e. The second-order valence-electron chi connectivity index (χ2n) is 6.28. The summed E-state index contributed by atoms with van der Waals surface area (Å²) in [5.41, 5.74) is 2.55. The Morgan fingerprint density at radius 2 is 1.32 bits per heavy atom. The number of nitrogens with zero attached hydrogens (tertiary/aromatic N) is 3. The summed E-state index contributed by atoms with van der Waals surface area (Å²) in [6, 6.07) is 0.0887. The van der Waals surface area contributed by atoms with Gasteiger partial charge in [0.2, 0.25) is 0 Å². The zero-order chi connectivity index (χ0) is 13.5. The minimum absolute atomic E-state index is 0.0444. The molecule has 3 aliphatic rings. The van der Waals surface area contributed by atoms with Crippen LogP contribution in [0.25, 0.3) is 0 Å². The standard InChI is InChI=1S/C14H19N3O2/c1-7-11-9-4-5-10(6-9)12(11)8(2)17-14(19)15(3)13(18)16(7)17/h7-10H,4-6H2,1-3H3/t7-,8-,9+,10+/m1/s1. The van der Waals surface area contributed by atoms with Crippen LogP contribution in [0, 0.1) is 11.8 Å². The number of hydrogen-bond acceptors (Lipinski definition) is 2. The molecule has 0 aromatic carbocycles. The molecule has 4 rings (SSSR count). The summed E-state index contributed by atoms with van der Waals surface area (Å²) >= 11 is 0. The van der Waals surface area contributed by atoms with Crippen LogP contribution in [0.3, 0.4) is 0 Å². The van der Waals surface area contributed by atoms with E-state index in [9.17, 15) is 9.59 Å². The first-order valence-electron chi connectivity index (χ1n) is 7.16. The first-order chi connectivity index (χ1) is 9.02. The summed E-state index contributed by atoms with van der Waals surface area (Å²) in [4.78, 5) is 24.5. The smallest absolute Gasteiger partial charge is 0.246 e. The lowest BCUT2D eigenvalue weighted by atomic mass is 9.83. The Morgan fingerprint density at radius 3 is 1.74 bits per heavy atom. The van der Waals surface area contributed by atoms with Gasteiger partial charge in [-0.1, -0.05) is 0 Å². The van der Waals surface area contributed by atoms with E-state index in [1.165, 1.54) is 35.0 Å². The van der Waals surface area contributed by atoms with E-state index in [2.05, 4.69) is 13.8 Å². The van der Waals surface area contributed by atoms with Crippen molar-refractivity contribution in [3.05, 3.63) is 32.1 Å². The zero-order valence-corrected chi connectivity index (χ0v) is 11.6. The van der Waals surface area contributed by atoms with Crippen LogP contribution >= 0.6 is 0 Å². The molecule has 0 spiro atoms. The molecule has 5 heteroatoms. The third kappa shape index (κ3) is 1.12. The molecule has 1 aromatic rings. The van der Waals surface area contributed by atoms with Gasteiger partial charge in [0.05, 0.1) is 12.1 Å². The number of allylic oxidation sites excluding steroid dienone is 2. The maximum atomic E-state index is 12.3. The molecule has 0 radical (unpaired) electrons. The van der Waals surface area contributed by atoms with Crippen molar-refractivity contribution in [1.29, 1.82) is 0 Å². The average Bonchev–Trinajstić information content (AvgIpc) is 3.05. The van der Waals surface area contributed by atoms with Crippen LogP contribution in [-0.4, -0.2) is 13.9 Å². The van der Waals surface area contributed by atoms with Crippen LogP contribution in [0.15, 0.2) is 20.7 Å². The highest BCUT2D eigenvalue weighted by molar-refractivity contribution is 5.36. The molecule has 2 bridgehead atoms. The maximum Gasteiger partial charge on any atom is 0.347 e. The van der Waals surface area contributed by atoms with Gasteiger partial charge >= 0.3 is 11.4 Å². The number of fused-ring (bicyclic) bond motifs is 5. The molecule has 102 valence electrons.